The fourth-order valence-corrected chi connectivity index (χ4v) is 2.81. The van der Waals surface area contributed by atoms with Crippen molar-refractivity contribution in [1.29, 1.82) is 5.26 Å². The second kappa shape index (κ2) is 9.13. The van der Waals surface area contributed by atoms with Crippen molar-refractivity contribution in [1.82, 2.24) is 9.78 Å². The van der Waals surface area contributed by atoms with E-state index in [1.165, 1.54) is 17.1 Å². The number of carboxylic acid groups (broad SMARTS) is 1. The van der Waals surface area contributed by atoms with Crippen LogP contribution in [0.2, 0.25) is 0 Å². The Hall–Kier alpha value is -4.12. The van der Waals surface area contributed by atoms with Crippen molar-refractivity contribution in [3.05, 3.63) is 71.0 Å². The first-order valence-corrected chi connectivity index (χ1v) is 9.57. The van der Waals surface area contributed by atoms with Gasteiger partial charge in [-0.1, -0.05) is 19.9 Å². The van der Waals surface area contributed by atoms with E-state index in [1.807, 2.05) is 26.8 Å². The standard InChI is InChI=1S/C15H15N3O3.C8H6O2/c1-10(2)9-21-14-4-3-13(5-11(14)6-16)18-8-12(7-17-18)15(19)20;1-5-6-3-2-4-7(5)10-8(6)9/h3-5,7-8,10H,9H2,1-2H3,(H,19,20);2-4H,1H3. The number of ether oxygens (including phenoxy) is 2. The summed E-state index contributed by atoms with van der Waals surface area (Å²) in [6, 6.07) is 12.5. The van der Waals surface area contributed by atoms with Crippen molar-refractivity contribution in [2.45, 2.75) is 20.8 Å². The molecule has 3 aromatic rings. The number of esters is 1. The van der Waals surface area contributed by atoms with Crippen LogP contribution < -0.4 is 9.47 Å². The van der Waals surface area contributed by atoms with Crippen LogP contribution in [0.15, 0.2) is 48.8 Å². The number of nitrogens with zero attached hydrogens (tertiary/aromatic N) is 3. The Morgan fingerprint density at radius 1 is 1.32 bits per heavy atom. The number of nitriles is 1. The van der Waals surface area contributed by atoms with Crippen LogP contribution in [0.5, 0.6) is 11.5 Å². The van der Waals surface area contributed by atoms with Gasteiger partial charge in [0.15, 0.2) is 0 Å². The molecule has 0 saturated carbocycles. The Balaban J connectivity index is 0.000000225. The molecule has 1 N–H and O–H groups in total. The number of fused-ring (bicyclic) bond motifs is 2. The van der Waals surface area contributed by atoms with Gasteiger partial charge in [0.25, 0.3) is 0 Å². The predicted molar refractivity (Wildman–Crippen MR) is 112 cm³/mol. The van der Waals surface area contributed by atoms with Gasteiger partial charge in [-0.3, -0.25) is 0 Å². The monoisotopic (exact) mass is 419 g/mol. The number of aromatic carboxylic acids is 1. The van der Waals surface area contributed by atoms with Crippen molar-refractivity contribution in [2.75, 3.05) is 6.61 Å². The summed E-state index contributed by atoms with van der Waals surface area (Å²) in [7, 11) is 0. The summed E-state index contributed by atoms with van der Waals surface area (Å²) in [4.78, 5) is 21.7. The van der Waals surface area contributed by atoms with Gasteiger partial charge in [-0.25, -0.2) is 14.3 Å². The van der Waals surface area contributed by atoms with E-state index in [0.29, 0.717) is 40.8 Å². The molecular weight excluding hydrogens is 398 g/mol. The molecule has 0 spiro atoms. The quantitative estimate of drug-likeness (QED) is 0.622. The van der Waals surface area contributed by atoms with Gasteiger partial charge in [-0.05, 0) is 43.2 Å². The highest BCUT2D eigenvalue weighted by molar-refractivity contribution is 5.97. The number of benzene rings is 2. The van der Waals surface area contributed by atoms with Crippen molar-refractivity contribution in [3.8, 4) is 23.3 Å². The first-order valence-electron chi connectivity index (χ1n) is 9.57. The van der Waals surface area contributed by atoms with E-state index >= 15 is 0 Å². The maximum Gasteiger partial charge on any atom is 0.343 e. The molecule has 1 aliphatic heterocycles. The Kier molecular flexibility index (Phi) is 6.36. The smallest absolute Gasteiger partial charge is 0.343 e. The van der Waals surface area contributed by atoms with Crippen molar-refractivity contribution in [2.24, 2.45) is 5.92 Å². The summed E-state index contributed by atoms with van der Waals surface area (Å²) in [5, 5.41) is 22.1. The molecule has 8 heteroatoms. The zero-order valence-corrected chi connectivity index (χ0v) is 17.3. The minimum Gasteiger partial charge on any atom is -0.492 e. The molecule has 0 unspecified atom stereocenters. The normalized spacial score (nSPS) is 11.4. The van der Waals surface area contributed by atoms with E-state index in [2.05, 4.69) is 11.2 Å². The third-order valence-corrected chi connectivity index (χ3v) is 4.46. The van der Waals surface area contributed by atoms with Crippen LogP contribution in [0, 0.1) is 24.2 Å². The number of carbonyl (C=O) groups is 2. The molecule has 0 fully saturated rings. The lowest BCUT2D eigenvalue weighted by Gasteiger charge is -2.11. The zero-order chi connectivity index (χ0) is 22.5. The molecule has 0 aliphatic carbocycles. The van der Waals surface area contributed by atoms with Gasteiger partial charge in [-0.2, -0.15) is 10.4 Å². The number of carbonyl (C=O) groups excluding carboxylic acids is 1. The average Bonchev–Trinajstić information content (AvgIpc) is 3.28. The lowest BCUT2D eigenvalue weighted by Crippen LogP contribution is -2.06. The van der Waals surface area contributed by atoms with Gasteiger partial charge in [0.2, 0.25) is 0 Å². The molecule has 0 saturated heterocycles. The fraction of sp³-hybridized carbons (Fsp3) is 0.217. The molecule has 2 heterocycles. The zero-order valence-electron chi connectivity index (χ0n) is 17.3. The lowest BCUT2D eigenvalue weighted by molar-refractivity contribution is 0.0695. The minimum absolute atomic E-state index is 0.0913. The number of rotatable bonds is 5. The van der Waals surface area contributed by atoms with E-state index in [9.17, 15) is 14.9 Å². The van der Waals surface area contributed by atoms with Crippen LogP contribution in [0.3, 0.4) is 0 Å². The summed E-state index contributed by atoms with van der Waals surface area (Å²) < 4.78 is 11.9. The number of carboxylic acids is 1. The molecular formula is C23H21N3O5. The topological polar surface area (TPSA) is 114 Å². The summed E-state index contributed by atoms with van der Waals surface area (Å²) in [5.74, 6) is 0.305. The Bertz CT molecular complexity index is 1170. The van der Waals surface area contributed by atoms with Gasteiger partial charge in [0.1, 0.15) is 17.6 Å². The molecule has 0 atom stereocenters. The lowest BCUT2D eigenvalue weighted by atomic mass is 10.1. The molecule has 0 radical (unpaired) electrons. The molecule has 31 heavy (non-hydrogen) atoms. The average molecular weight is 419 g/mol. The minimum atomic E-state index is -1.04. The second-order valence-corrected chi connectivity index (χ2v) is 7.29. The van der Waals surface area contributed by atoms with Crippen LogP contribution in [0.1, 0.15) is 45.7 Å². The molecule has 8 nitrogen and oxygen atoms in total. The largest absolute Gasteiger partial charge is 0.492 e. The van der Waals surface area contributed by atoms with E-state index in [-0.39, 0.29) is 11.5 Å². The van der Waals surface area contributed by atoms with Crippen LogP contribution in [-0.4, -0.2) is 33.4 Å². The molecule has 158 valence electrons. The van der Waals surface area contributed by atoms with Crippen LogP contribution >= 0.6 is 0 Å². The Labute approximate surface area is 179 Å². The summed E-state index contributed by atoms with van der Waals surface area (Å²) >= 11 is 0. The molecule has 1 aliphatic rings. The third kappa shape index (κ3) is 4.90. The maximum absolute atomic E-state index is 10.9. The van der Waals surface area contributed by atoms with Crippen LogP contribution in [-0.2, 0) is 0 Å². The molecule has 0 amide bonds. The summed E-state index contributed by atoms with van der Waals surface area (Å²) in [6.07, 6.45) is 2.66. The van der Waals surface area contributed by atoms with E-state index < -0.39 is 5.97 Å². The fourth-order valence-electron chi connectivity index (χ4n) is 2.81. The highest BCUT2D eigenvalue weighted by Gasteiger charge is 2.21. The SMILES string of the molecule is CC(C)COc1ccc(-n2cc(C(=O)O)cn2)cc1C#N.Cc1c2cccc1C(=O)O2. The number of hydrogen-bond acceptors (Lipinski definition) is 6. The first-order chi connectivity index (χ1) is 14.8. The van der Waals surface area contributed by atoms with Crippen LogP contribution in [0.4, 0.5) is 0 Å². The highest BCUT2D eigenvalue weighted by atomic mass is 16.5. The molecule has 2 aromatic carbocycles. The number of aromatic nitrogens is 2. The third-order valence-electron chi connectivity index (χ3n) is 4.46. The van der Waals surface area contributed by atoms with E-state index in [4.69, 9.17) is 14.6 Å². The van der Waals surface area contributed by atoms with Gasteiger partial charge in [0, 0.05) is 11.8 Å². The highest BCUT2D eigenvalue weighted by Crippen LogP contribution is 2.28. The van der Waals surface area contributed by atoms with E-state index in [1.54, 1.807) is 30.3 Å². The van der Waals surface area contributed by atoms with Gasteiger partial charge in [-0.15, -0.1) is 0 Å². The molecule has 2 bridgehead atoms. The van der Waals surface area contributed by atoms with Crippen molar-refractivity contribution >= 4 is 11.9 Å². The van der Waals surface area contributed by atoms with Gasteiger partial charge in [0.05, 0.1) is 35.2 Å². The molecule has 4 rings (SSSR count). The van der Waals surface area contributed by atoms with Crippen LogP contribution in [0.25, 0.3) is 5.69 Å². The second-order valence-electron chi connectivity index (χ2n) is 7.29. The Morgan fingerprint density at radius 2 is 2.10 bits per heavy atom. The number of hydrogen-bond donors (Lipinski definition) is 1. The van der Waals surface area contributed by atoms with Crippen molar-refractivity contribution < 1.29 is 24.2 Å². The maximum atomic E-state index is 10.9. The first kappa shape index (κ1) is 21.6. The van der Waals surface area contributed by atoms with Gasteiger partial charge >= 0.3 is 11.9 Å². The molecule has 1 aromatic heterocycles. The van der Waals surface area contributed by atoms with Gasteiger partial charge < -0.3 is 14.6 Å². The van der Waals surface area contributed by atoms with Crippen molar-refractivity contribution in [3.63, 3.8) is 0 Å². The predicted octanol–water partition coefficient (Wildman–Crippen LogP) is 4.00. The summed E-state index contributed by atoms with van der Waals surface area (Å²) in [5.41, 5.74) is 2.73. The van der Waals surface area contributed by atoms with E-state index in [0.717, 1.165) is 5.56 Å². The Morgan fingerprint density at radius 3 is 2.68 bits per heavy atom. The summed E-state index contributed by atoms with van der Waals surface area (Å²) in [6.45, 7) is 6.46.